The molecule has 1 heterocycles. The molecule has 0 radical (unpaired) electrons. The van der Waals surface area contributed by atoms with Gasteiger partial charge >= 0.3 is 6.03 Å². The van der Waals surface area contributed by atoms with Gasteiger partial charge in [-0.25, -0.2) is 9.69 Å². The molecule has 5 nitrogen and oxygen atoms in total. The predicted molar refractivity (Wildman–Crippen MR) is 127 cm³/mol. The Morgan fingerprint density at radius 2 is 1.61 bits per heavy atom. The van der Waals surface area contributed by atoms with Gasteiger partial charge in [0.2, 0.25) is 0 Å². The van der Waals surface area contributed by atoms with Crippen LogP contribution in [0.2, 0.25) is 0 Å². The molecule has 178 valence electrons. The molecule has 0 aromatic rings. The molecule has 3 aliphatic rings. The second-order valence-corrected chi connectivity index (χ2v) is 11.3. The summed E-state index contributed by atoms with van der Waals surface area (Å²) in [6.07, 6.45) is 15.2. The van der Waals surface area contributed by atoms with E-state index in [0.29, 0.717) is 18.5 Å². The zero-order chi connectivity index (χ0) is 22.4. The van der Waals surface area contributed by atoms with Crippen LogP contribution in [0.15, 0.2) is 0 Å². The van der Waals surface area contributed by atoms with E-state index < -0.39 is 5.54 Å². The van der Waals surface area contributed by atoms with Crippen LogP contribution in [0, 0.1) is 23.7 Å². The Morgan fingerprint density at radius 3 is 2.26 bits per heavy atom. The van der Waals surface area contributed by atoms with E-state index in [0.717, 1.165) is 50.5 Å². The van der Waals surface area contributed by atoms with E-state index in [-0.39, 0.29) is 11.9 Å². The van der Waals surface area contributed by atoms with Crippen molar-refractivity contribution in [3.05, 3.63) is 0 Å². The Balaban J connectivity index is 1.65. The monoisotopic (exact) mass is 433 g/mol. The van der Waals surface area contributed by atoms with Crippen LogP contribution >= 0.6 is 0 Å². The highest BCUT2D eigenvalue weighted by molar-refractivity contribution is 6.07. The van der Waals surface area contributed by atoms with Gasteiger partial charge in [-0.15, -0.1) is 0 Å². The smallest absolute Gasteiger partial charge is 0.322 e. The average Bonchev–Trinajstić information content (AvgIpc) is 3.00. The molecule has 0 aromatic carbocycles. The first-order chi connectivity index (χ1) is 14.8. The molecule has 3 amide bonds. The lowest BCUT2D eigenvalue weighted by Crippen LogP contribution is -2.60. The number of rotatable bonds is 10. The van der Waals surface area contributed by atoms with Crippen molar-refractivity contribution in [1.29, 1.82) is 0 Å². The van der Waals surface area contributed by atoms with Gasteiger partial charge in [0.15, 0.2) is 0 Å². The fraction of sp³-hybridized carbons (Fsp3) is 0.923. The van der Waals surface area contributed by atoms with Crippen LogP contribution in [0.1, 0.15) is 104 Å². The summed E-state index contributed by atoms with van der Waals surface area (Å²) >= 11 is 0. The van der Waals surface area contributed by atoms with Crippen molar-refractivity contribution in [3.8, 4) is 0 Å². The second-order valence-electron chi connectivity index (χ2n) is 11.3. The molecule has 3 rings (SSSR count). The van der Waals surface area contributed by atoms with Crippen molar-refractivity contribution in [3.63, 3.8) is 0 Å². The molecular weight excluding hydrogens is 386 g/mol. The number of nitrogens with one attached hydrogen (secondary N) is 1. The molecule has 3 fully saturated rings. The third kappa shape index (κ3) is 5.83. The van der Waals surface area contributed by atoms with Crippen molar-refractivity contribution < 1.29 is 9.59 Å². The normalized spacial score (nSPS) is 30.5. The maximum absolute atomic E-state index is 13.9. The fourth-order valence-electron chi connectivity index (χ4n) is 6.33. The molecule has 0 spiro atoms. The van der Waals surface area contributed by atoms with Gasteiger partial charge in [-0.3, -0.25) is 9.69 Å². The molecule has 5 heteroatoms. The topological polar surface area (TPSA) is 52.6 Å². The van der Waals surface area contributed by atoms with E-state index in [9.17, 15) is 9.59 Å². The van der Waals surface area contributed by atoms with Gasteiger partial charge in [0.25, 0.3) is 5.91 Å². The van der Waals surface area contributed by atoms with Crippen LogP contribution in [0.3, 0.4) is 0 Å². The Morgan fingerprint density at radius 1 is 0.968 bits per heavy atom. The van der Waals surface area contributed by atoms with E-state index in [4.69, 9.17) is 0 Å². The number of carbonyl (C=O) groups is 2. The number of unbranched alkanes of at least 4 members (excludes halogenated alkanes) is 2. The van der Waals surface area contributed by atoms with Crippen molar-refractivity contribution in [2.75, 3.05) is 20.3 Å². The third-order valence-electron chi connectivity index (χ3n) is 8.27. The van der Waals surface area contributed by atoms with Gasteiger partial charge in [0.1, 0.15) is 5.54 Å². The van der Waals surface area contributed by atoms with Gasteiger partial charge in [0.05, 0.1) is 6.67 Å². The highest BCUT2D eigenvalue weighted by Gasteiger charge is 2.59. The number of carbonyl (C=O) groups excluding carboxylic acids is 2. The molecule has 0 aromatic heterocycles. The van der Waals surface area contributed by atoms with E-state index in [1.165, 1.54) is 51.4 Å². The summed E-state index contributed by atoms with van der Waals surface area (Å²) in [5.41, 5.74) is -0.643. The van der Waals surface area contributed by atoms with Crippen molar-refractivity contribution >= 4 is 11.9 Å². The summed E-state index contributed by atoms with van der Waals surface area (Å²) in [5.74, 6) is 2.19. The molecule has 1 atom stereocenters. The van der Waals surface area contributed by atoms with Crippen LogP contribution in [-0.2, 0) is 4.79 Å². The molecule has 1 N–H and O–H groups in total. The van der Waals surface area contributed by atoms with Crippen LogP contribution in [0.25, 0.3) is 0 Å². The number of nitrogens with zero attached hydrogens (tertiary/aromatic N) is 2. The Bertz CT molecular complexity index is 593. The lowest BCUT2D eigenvalue weighted by molar-refractivity contribution is -0.138. The quantitative estimate of drug-likeness (QED) is 0.350. The number of hydrogen-bond acceptors (Lipinski definition) is 3. The molecular formula is C26H47N3O2. The van der Waals surface area contributed by atoms with Crippen molar-refractivity contribution in [2.45, 2.75) is 110 Å². The first kappa shape index (κ1) is 24.5. The maximum Gasteiger partial charge on any atom is 0.326 e. The van der Waals surface area contributed by atoms with Gasteiger partial charge < -0.3 is 5.32 Å². The number of amides is 3. The molecule has 31 heavy (non-hydrogen) atoms. The predicted octanol–water partition coefficient (Wildman–Crippen LogP) is 5.79. The fourth-order valence-corrected chi connectivity index (χ4v) is 6.33. The third-order valence-corrected chi connectivity index (χ3v) is 8.27. The molecule has 2 aliphatic carbocycles. The Hall–Kier alpha value is -1.10. The van der Waals surface area contributed by atoms with Crippen LogP contribution in [0.5, 0.6) is 0 Å². The first-order valence-electron chi connectivity index (χ1n) is 13.2. The average molecular weight is 434 g/mol. The van der Waals surface area contributed by atoms with Gasteiger partial charge in [-0.1, -0.05) is 72.1 Å². The van der Waals surface area contributed by atoms with Crippen molar-refractivity contribution in [1.82, 2.24) is 15.1 Å². The molecule has 0 bridgehead atoms. The largest absolute Gasteiger partial charge is 0.326 e. The van der Waals surface area contributed by atoms with Crippen LogP contribution in [-0.4, -0.2) is 47.5 Å². The standard InChI is InChI=1S/C26H47N3O2/c1-20(2)11-7-6-10-18-28(4)19-29-24(30)26(27-25(29)31,22-12-8-5-9-13-22)23-16-14-21(3)15-17-23/h20-23H,5-19H2,1-4H3,(H,27,31). The van der Waals surface area contributed by atoms with E-state index >= 15 is 0 Å². The van der Waals surface area contributed by atoms with E-state index in [1.54, 1.807) is 4.90 Å². The maximum atomic E-state index is 13.9. The van der Waals surface area contributed by atoms with Gasteiger partial charge in [-0.05, 0) is 69.4 Å². The number of imide groups is 1. The minimum Gasteiger partial charge on any atom is -0.322 e. The lowest BCUT2D eigenvalue weighted by atomic mass is 9.63. The van der Waals surface area contributed by atoms with Crippen molar-refractivity contribution in [2.24, 2.45) is 23.7 Å². The lowest BCUT2D eigenvalue weighted by Gasteiger charge is -2.45. The first-order valence-corrected chi connectivity index (χ1v) is 13.2. The van der Waals surface area contributed by atoms with Gasteiger partial charge in [0, 0.05) is 0 Å². The van der Waals surface area contributed by atoms with E-state index in [1.807, 2.05) is 7.05 Å². The second kappa shape index (κ2) is 11.2. The summed E-state index contributed by atoms with van der Waals surface area (Å²) in [4.78, 5) is 30.7. The summed E-state index contributed by atoms with van der Waals surface area (Å²) < 4.78 is 0. The molecule has 1 aliphatic heterocycles. The zero-order valence-electron chi connectivity index (χ0n) is 20.6. The molecule has 1 saturated heterocycles. The van der Waals surface area contributed by atoms with Crippen LogP contribution < -0.4 is 5.32 Å². The Labute approximate surface area is 190 Å². The summed E-state index contributed by atoms with van der Waals surface area (Å²) in [6.45, 7) is 8.23. The highest BCUT2D eigenvalue weighted by atomic mass is 16.2. The SMILES string of the molecule is CC(C)CCCCCN(C)CN1C(=O)NC(C2CCCCC2)(C2CCC(C)CC2)C1=O. The zero-order valence-corrected chi connectivity index (χ0v) is 20.6. The molecule has 2 saturated carbocycles. The number of urea groups is 1. The van der Waals surface area contributed by atoms with Crippen LogP contribution in [0.4, 0.5) is 4.79 Å². The Kier molecular flexibility index (Phi) is 8.83. The summed E-state index contributed by atoms with van der Waals surface area (Å²) in [5, 5.41) is 3.33. The summed E-state index contributed by atoms with van der Waals surface area (Å²) in [7, 11) is 2.05. The summed E-state index contributed by atoms with van der Waals surface area (Å²) in [6, 6.07) is -0.152. The minimum absolute atomic E-state index is 0.0793. The number of hydrogen-bond donors (Lipinski definition) is 1. The van der Waals surface area contributed by atoms with Gasteiger partial charge in [-0.2, -0.15) is 0 Å². The molecule has 1 unspecified atom stereocenters. The highest BCUT2D eigenvalue weighted by Crippen LogP contribution is 2.46. The van der Waals surface area contributed by atoms with E-state index in [2.05, 4.69) is 31.0 Å². The minimum atomic E-state index is -0.643.